The number of nitrogen functional groups attached to an aromatic ring is 1. The van der Waals surface area contributed by atoms with Crippen LogP contribution in [-0.4, -0.2) is 13.1 Å². The Bertz CT molecular complexity index is 674. The summed E-state index contributed by atoms with van der Waals surface area (Å²) in [5, 5.41) is 0. The standard InChI is InChI=1S/C15H13Br2NO3/c1-20-14-5-2-9(6-13(14)17)8-21-15(19)11-7-10(18)3-4-12(11)16/h2-7H,8,18H2,1H3. The lowest BCUT2D eigenvalue weighted by Gasteiger charge is -2.09. The molecule has 2 rings (SSSR count). The molecule has 4 nitrogen and oxygen atoms in total. The van der Waals surface area contributed by atoms with Gasteiger partial charge in [0.1, 0.15) is 12.4 Å². The number of carbonyl (C=O) groups is 1. The number of anilines is 1. The Labute approximate surface area is 139 Å². The molecule has 0 saturated heterocycles. The third-order valence-electron chi connectivity index (χ3n) is 2.80. The maximum Gasteiger partial charge on any atom is 0.339 e. The third-order valence-corrected chi connectivity index (χ3v) is 4.11. The van der Waals surface area contributed by atoms with Crippen molar-refractivity contribution in [2.75, 3.05) is 12.8 Å². The number of hydrogen-bond donors (Lipinski definition) is 1. The first kappa shape index (κ1) is 15.9. The Kier molecular flexibility index (Phi) is 5.25. The van der Waals surface area contributed by atoms with Crippen LogP contribution in [0.4, 0.5) is 5.69 Å². The molecule has 2 aromatic carbocycles. The van der Waals surface area contributed by atoms with Gasteiger partial charge in [0.15, 0.2) is 0 Å². The molecule has 2 aromatic rings. The lowest BCUT2D eigenvalue weighted by atomic mass is 10.2. The molecule has 0 unspecified atom stereocenters. The van der Waals surface area contributed by atoms with E-state index in [0.29, 0.717) is 15.7 Å². The third kappa shape index (κ3) is 3.98. The number of halogens is 2. The van der Waals surface area contributed by atoms with Gasteiger partial charge in [0.25, 0.3) is 0 Å². The van der Waals surface area contributed by atoms with Crippen molar-refractivity contribution in [1.82, 2.24) is 0 Å². The van der Waals surface area contributed by atoms with Crippen LogP contribution in [0.15, 0.2) is 45.3 Å². The van der Waals surface area contributed by atoms with Crippen LogP contribution in [0, 0.1) is 0 Å². The van der Waals surface area contributed by atoms with Gasteiger partial charge in [-0.1, -0.05) is 6.07 Å². The topological polar surface area (TPSA) is 61.5 Å². The normalized spacial score (nSPS) is 10.2. The number of esters is 1. The average Bonchev–Trinajstić information content (AvgIpc) is 2.47. The first-order chi connectivity index (χ1) is 10.0. The van der Waals surface area contributed by atoms with Gasteiger partial charge in [-0.05, 0) is 67.8 Å². The molecule has 0 atom stereocenters. The van der Waals surface area contributed by atoms with Gasteiger partial charge in [-0.15, -0.1) is 0 Å². The van der Waals surface area contributed by atoms with Crippen molar-refractivity contribution < 1.29 is 14.3 Å². The first-order valence-corrected chi connectivity index (χ1v) is 7.64. The van der Waals surface area contributed by atoms with Crippen LogP contribution in [0.2, 0.25) is 0 Å². The summed E-state index contributed by atoms with van der Waals surface area (Å²) in [6.07, 6.45) is 0. The van der Waals surface area contributed by atoms with Crippen LogP contribution in [0.5, 0.6) is 5.75 Å². The maximum atomic E-state index is 12.1. The quantitative estimate of drug-likeness (QED) is 0.602. The zero-order valence-electron chi connectivity index (χ0n) is 11.2. The van der Waals surface area contributed by atoms with Crippen molar-refractivity contribution in [2.24, 2.45) is 0 Å². The number of ether oxygens (including phenoxy) is 2. The molecule has 110 valence electrons. The monoisotopic (exact) mass is 413 g/mol. The molecule has 0 radical (unpaired) electrons. The molecule has 0 saturated carbocycles. The molecule has 0 amide bonds. The highest BCUT2D eigenvalue weighted by atomic mass is 79.9. The summed E-state index contributed by atoms with van der Waals surface area (Å²) in [5.74, 6) is 0.296. The van der Waals surface area contributed by atoms with Gasteiger partial charge in [0.05, 0.1) is 17.1 Å². The van der Waals surface area contributed by atoms with E-state index in [2.05, 4.69) is 31.9 Å². The Morgan fingerprint density at radius 2 is 1.90 bits per heavy atom. The summed E-state index contributed by atoms with van der Waals surface area (Å²) in [5.41, 5.74) is 7.45. The highest BCUT2D eigenvalue weighted by Crippen LogP contribution is 2.26. The van der Waals surface area contributed by atoms with Crippen LogP contribution < -0.4 is 10.5 Å². The molecule has 0 bridgehead atoms. The predicted molar refractivity (Wildman–Crippen MR) is 88.4 cm³/mol. The summed E-state index contributed by atoms with van der Waals surface area (Å²) in [6.45, 7) is 0.169. The molecule has 0 aromatic heterocycles. The molecule has 0 fully saturated rings. The van der Waals surface area contributed by atoms with Crippen LogP contribution in [-0.2, 0) is 11.3 Å². The summed E-state index contributed by atoms with van der Waals surface area (Å²) in [4.78, 5) is 12.1. The Morgan fingerprint density at radius 3 is 2.57 bits per heavy atom. The second kappa shape index (κ2) is 6.95. The minimum absolute atomic E-state index is 0.169. The van der Waals surface area contributed by atoms with Crippen molar-refractivity contribution in [3.8, 4) is 5.75 Å². The molecule has 0 heterocycles. The van der Waals surface area contributed by atoms with E-state index in [-0.39, 0.29) is 6.61 Å². The lowest BCUT2D eigenvalue weighted by molar-refractivity contribution is 0.0471. The van der Waals surface area contributed by atoms with E-state index >= 15 is 0 Å². The van der Waals surface area contributed by atoms with Crippen molar-refractivity contribution in [3.63, 3.8) is 0 Å². The van der Waals surface area contributed by atoms with E-state index in [9.17, 15) is 4.79 Å². The second-order valence-corrected chi connectivity index (χ2v) is 5.99. The van der Waals surface area contributed by atoms with Crippen molar-refractivity contribution in [2.45, 2.75) is 6.61 Å². The van der Waals surface area contributed by atoms with Gasteiger partial charge in [0.2, 0.25) is 0 Å². The zero-order chi connectivity index (χ0) is 15.4. The Balaban J connectivity index is 2.07. The molecule has 0 aliphatic carbocycles. The van der Waals surface area contributed by atoms with Gasteiger partial charge >= 0.3 is 5.97 Å². The van der Waals surface area contributed by atoms with Crippen molar-refractivity contribution in [3.05, 3.63) is 56.5 Å². The molecule has 0 spiro atoms. The highest BCUT2D eigenvalue weighted by molar-refractivity contribution is 9.10. The maximum absolute atomic E-state index is 12.1. The summed E-state index contributed by atoms with van der Waals surface area (Å²) < 4.78 is 11.9. The lowest BCUT2D eigenvalue weighted by Crippen LogP contribution is -2.07. The van der Waals surface area contributed by atoms with Crippen LogP contribution in [0.3, 0.4) is 0 Å². The fourth-order valence-electron chi connectivity index (χ4n) is 1.73. The predicted octanol–water partition coefficient (Wildman–Crippen LogP) is 4.16. The highest BCUT2D eigenvalue weighted by Gasteiger charge is 2.12. The van der Waals surface area contributed by atoms with E-state index in [4.69, 9.17) is 15.2 Å². The first-order valence-electron chi connectivity index (χ1n) is 6.06. The molecule has 0 aliphatic heterocycles. The van der Waals surface area contributed by atoms with E-state index in [1.807, 2.05) is 18.2 Å². The van der Waals surface area contributed by atoms with Gasteiger partial charge in [-0.25, -0.2) is 4.79 Å². The Morgan fingerprint density at radius 1 is 1.14 bits per heavy atom. The van der Waals surface area contributed by atoms with Crippen LogP contribution >= 0.6 is 31.9 Å². The number of rotatable bonds is 4. The SMILES string of the molecule is COc1ccc(COC(=O)c2cc(N)ccc2Br)cc1Br. The van der Waals surface area contributed by atoms with E-state index in [1.54, 1.807) is 25.3 Å². The molecule has 0 aliphatic rings. The minimum atomic E-state index is -0.430. The molecular weight excluding hydrogens is 402 g/mol. The van der Waals surface area contributed by atoms with Gasteiger partial charge in [-0.3, -0.25) is 0 Å². The fraction of sp³-hybridized carbons (Fsp3) is 0.133. The molecule has 6 heteroatoms. The molecule has 2 N–H and O–H groups in total. The summed E-state index contributed by atoms with van der Waals surface area (Å²) >= 11 is 6.70. The number of carbonyl (C=O) groups excluding carboxylic acids is 1. The van der Waals surface area contributed by atoms with E-state index in [0.717, 1.165) is 15.8 Å². The van der Waals surface area contributed by atoms with Crippen molar-refractivity contribution in [1.29, 1.82) is 0 Å². The smallest absolute Gasteiger partial charge is 0.339 e. The van der Waals surface area contributed by atoms with E-state index < -0.39 is 5.97 Å². The number of nitrogens with two attached hydrogens (primary N) is 1. The number of methoxy groups -OCH3 is 1. The van der Waals surface area contributed by atoms with E-state index in [1.165, 1.54) is 0 Å². The average molecular weight is 415 g/mol. The minimum Gasteiger partial charge on any atom is -0.496 e. The molecular formula is C15H13Br2NO3. The summed E-state index contributed by atoms with van der Waals surface area (Å²) in [6, 6.07) is 10.5. The fourth-order valence-corrected chi connectivity index (χ4v) is 2.72. The van der Waals surface area contributed by atoms with Crippen LogP contribution in [0.1, 0.15) is 15.9 Å². The van der Waals surface area contributed by atoms with Gasteiger partial charge in [-0.2, -0.15) is 0 Å². The van der Waals surface area contributed by atoms with Crippen molar-refractivity contribution >= 4 is 43.5 Å². The van der Waals surface area contributed by atoms with Crippen LogP contribution in [0.25, 0.3) is 0 Å². The number of hydrogen-bond acceptors (Lipinski definition) is 4. The largest absolute Gasteiger partial charge is 0.496 e. The Hall–Kier alpha value is -1.53. The molecule has 21 heavy (non-hydrogen) atoms. The van der Waals surface area contributed by atoms with Gasteiger partial charge < -0.3 is 15.2 Å². The second-order valence-electron chi connectivity index (χ2n) is 4.28. The van der Waals surface area contributed by atoms with Gasteiger partial charge in [0, 0.05) is 10.2 Å². The number of benzene rings is 2. The zero-order valence-corrected chi connectivity index (χ0v) is 14.4. The summed E-state index contributed by atoms with van der Waals surface area (Å²) in [7, 11) is 1.59.